The minimum absolute atomic E-state index is 0.0475. The summed E-state index contributed by atoms with van der Waals surface area (Å²) in [5, 5.41) is 15.6. The predicted octanol–water partition coefficient (Wildman–Crippen LogP) is 3.27. The number of carbonyl (C=O) groups is 2. The molecule has 0 spiro atoms. The first-order valence-electron chi connectivity index (χ1n) is 12.6. The molecular formula is C27H29Cl2N5O5. The molecule has 2 aromatic carbocycles. The molecular weight excluding hydrogens is 545 g/mol. The topological polar surface area (TPSA) is 132 Å². The van der Waals surface area contributed by atoms with E-state index in [1.54, 1.807) is 24.3 Å². The van der Waals surface area contributed by atoms with Gasteiger partial charge in [0.2, 0.25) is 0 Å². The van der Waals surface area contributed by atoms with Crippen molar-refractivity contribution < 1.29 is 14.7 Å². The standard InChI is InChI=1S/C27H29Cl2N5O5/c1-3-33(4-2)17-9-10-34(14-17)23-22(24(35)25(23)36)32-20(27(38)39)11-15-5-7-16(8-6-15)31-26(37)21-18(28)12-30-13-19(21)29/h5-8,12-13,17,20,32H,3-4,9-11,14H2,1-2H3,(H,31,37)(H,38,39)/t17?,20-/m0/s1. The minimum atomic E-state index is -1.16. The van der Waals surface area contributed by atoms with Gasteiger partial charge in [-0.3, -0.25) is 24.3 Å². The first kappa shape index (κ1) is 28.5. The van der Waals surface area contributed by atoms with Crippen molar-refractivity contribution in [3.63, 3.8) is 0 Å². The number of rotatable bonds is 11. The lowest BCUT2D eigenvalue weighted by atomic mass is 10.0. The highest BCUT2D eigenvalue weighted by atomic mass is 35.5. The molecule has 0 radical (unpaired) electrons. The van der Waals surface area contributed by atoms with E-state index in [1.807, 2.05) is 4.90 Å². The maximum Gasteiger partial charge on any atom is 0.326 e. The molecule has 1 aliphatic rings. The van der Waals surface area contributed by atoms with Gasteiger partial charge in [-0.05, 0) is 37.2 Å². The quantitative estimate of drug-likeness (QED) is 0.295. The van der Waals surface area contributed by atoms with Crippen molar-refractivity contribution in [3.05, 3.63) is 78.3 Å². The Morgan fingerprint density at radius 1 is 1.10 bits per heavy atom. The molecule has 1 aromatic heterocycles. The molecule has 2 atom stereocenters. The van der Waals surface area contributed by atoms with Crippen LogP contribution in [-0.2, 0) is 11.2 Å². The molecule has 206 valence electrons. The average Bonchev–Trinajstić information content (AvgIpc) is 3.38. The van der Waals surface area contributed by atoms with Crippen LogP contribution in [0.1, 0.15) is 36.2 Å². The zero-order valence-electron chi connectivity index (χ0n) is 21.5. The maximum atomic E-state index is 12.6. The second-order valence-electron chi connectivity index (χ2n) is 9.36. The number of halogens is 2. The molecule has 3 aromatic rings. The molecule has 1 fully saturated rings. The maximum absolute atomic E-state index is 12.6. The summed E-state index contributed by atoms with van der Waals surface area (Å²) >= 11 is 12.1. The van der Waals surface area contributed by atoms with E-state index in [0.29, 0.717) is 24.3 Å². The summed E-state index contributed by atoms with van der Waals surface area (Å²) in [5.41, 5.74) is 0.239. The molecule has 1 unspecified atom stereocenters. The lowest BCUT2D eigenvalue weighted by molar-refractivity contribution is -0.137. The summed E-state index contributed by atoms with van der Waals surface area (Å²) in [6.07, 6.45) is 3.55. The molecule has 0 aliphatic carbocycles. The number of carboxylic acids is 1. The van der Waals surface area contributed by atoms with E-state index in [9.17, 15) is 24.3 Å². The van der Waals surface area contributed by atoms with Gasteiger partial charge in [0, 0.05) is 43.6 Å². The van der Waals surface area contributed by atoms with Crippen molar-refractivity contribution in [1.29, 1.82) is 0 Å². The Morgan fingerprint density at radius 2 is 1.74 bits per heavy atom. The molecule has 0 bridgehead atoms. The molecule has 1 saturated heterocycles. The largest absolute Gasteiger partial charge is 0.480 e. The van der Waals surface area contributed by atoms with Crippen LogP contribution in [0.4, 0.5) is 17.1 Å². The number of hydrogen-bond donors (Lipinski definition) is 3. The number of nitrogens with zero attached hydrogens (tertiary/aromatic N) is 3. The zero-order chi connectivity index (χ0) is 28.3. The van der Waals surface area contributed by atoms with Gasteiger partial charge in [0.25, 0.3) is 16.8 Å². The Labute approximate surface area is 235 Å². The van der Waals surface area contributed by atoms with Gasteiger partial charge in [-0.15, -0.1) is 0 Å². The highest BCUT2D eigenvalue weighted by molar-refractivity contribution is 6.40. The van der Waals surface area contributed by atoms with Gasteiger partial charge < -0.3 is 20.6 Å². The number of aromatic nitrogens is 1. The number of carboxylic acid groups (broad SMARTS) is 1. The summed E-state index contributed by atoms with van der Waals surface area (Å²) in [5.74, 6) is -1.67. The normalized spacial score (nSPS) is 16.0. The number of aliphatic carboxylic acids is 1. The third kappa shape index (κ3) is 6.08. The van der Waals surface area contributed by atoms with Gasteiger partial charge in [0.15, 0.2) is 0 Å². The van der Waals surface area contributed by atoms with Gasteiger partial charge in [0.1, 0.15) is 17.4 Å². The van der Waals surface area contributed by atoms with Gasteiger partial charge in [-0.1, -0.05) is 49.2 Å². The summed E-state index contributed by atoms with van der Waals surface area (Å²) in [6.45, 7) is 7.19. The van der Waals surface area contributed by atoms with Crippen LogP contribution in [0, 0.1) is 0 Å². The van der Waals surface area contributed by atoms with Crippen molar-refractivity contribution in [2.45, 2.75) is 38.8 Å². The SMILES string of the molecule is CCN(CC)C1CCN(c2c(N[C@@H](Cc3ccc(NC(=O)c4c(Cl)cncc4Cl)cc3)C(=O)O)c(=O)c2=O)C1. The third-order valence-corrected chi connectivity index (χ3v) is 7.62. The predicted molar refractivity (Wildman–Crippen MR) is 152 cm³/mol. The number of carbonyl (C=O) groups excluding carboxylic acids is 1. The third-order valence-electron chi connectivity index (χ3n) is 7.04. The van der Waals surface area contributed by atoms with Gasteiger partial charge in [0.05, 0.1) is 15.6 Å². The van der Waals surface area contributed by atoms with E-state index in [1.165, 1.54) is 12.4 Å². The second-order valence-corrected chi connectivity index (χ2v) is 10.2. The fourth-order valence-electron chi connectivity index (χ4n) is 4.95. The Morgan fingerprint density at radius 3 is 2.33 bits per heavy atom. The van der Waals surface area contributed by atoms with Crippen LogP contribution in [0.15, 0.2) is 46.2 Å². The van der Waals surface area contributed by atoms with Crippen LogP contribution in [0.3, 0.4) is 0 Å². The second kappa shape index (κ2) is 12.1. The molecule has 0 saturated carbocycles. The van der Waals surface area contributed by atoms with E-state index in [0.717, 1.165) is 19.5 Å². The average molecular weight is 574 g/mol. The van der Waals surface area contributed by atoms with Crippen LogP contribution < -0.4 is 26.4 Å². The van der Waals surface area contributed by atoms with Gasteiger partial charge in [-0.25, -0.2) is 4.79 Å². The van der Waals surface area contributed by atoms with Crippen molar-refractivity contribution >= 4 is 52.1 Å². The van der Waals surface area contributed by atoms with Crippen LogP contribution in [-0.4, -0.2) is 65.1 Å². The molecule has 1 aliphatic heterocycles. The van der Waals surface area contributed by atoms with Crippen molar-refractivity contribution in [1.82, 2.24) is 9.88 Å². The van der Waals surface area contributed by atoms with Crippen molar-refractivity contribution in [2.75, 3.05) is 41.7 Å². The highest BCUT2D eigenvalue weighted by Gasteiger charge is 2.34. The number of anilines is 3. The monoisotopic (exact) mass is 573 g/mol. The first-order valence-corrected chi connectivity index (χ1v) is 13.4. The Hall–Kier alpha value is -3.47. The zero-order valence-corrected chi connectivity index (χ0v) is 23.1. The number of nitrogens with one attached hydrogen (secondary N) is 2. The van der Waals surface area contributed by atoms with Crippen LogP contribution >= 0.6 is 23.2 Å². The summed E-state index contributed by atoms with van der Waals surface area (Å²) < 4.78 is 0. The molecule has 4 rings (SSSR count). The Bertz CT molecular complexity index is 1410. The number of likely N-dealkylation sites (N-methyl/N-ethyl adjacent to an activating group) is 1. The van der Waals surface area contributed by atoms with Crippen molar-refractivity contribution in [3.8, 4) is 0 Å². The lowest BCUT2D eigenvalue weighted by Crippen LogP contribution is -2.46. The van der Waals surface area contributed by atoms with E-state index >= 15 is 0 Å². The number of pyridine rings is 1. The smallest absolute Gasteiger partial charge is 0.326 e. The van der Waals surface area contributed by atoms with Gasteiger partial charge >= 0.3 is 5.97 Å². The van der Waals surface area contributed by atoms with E-state index in [4.69, 9.17) is 23.2 Å². The Kier molecular flexibility index (Phi) is 8.89. The fourth-order valence-corrected chi connectivity index (χ4v) is 5.49. The fraction of sp³-hybridized carbons (Fsp3) is 0.370. The van der Waals surface area contributed by atoms with E-state index in [2.05, 4.69) is 34.4 Å². The molecule has 2 heterocycles. The van der Waals surface area contributed by atoms with E-state index < -0.39 is 28.8 Å². The molecule has 39 heavy (non-hydrogen) atoms. The number of hydrogen-bond acceptors (Lipinski definition) is 8. The van der Waals surface area contributed by atoms with Crippen LogP contribution in [0.5, 0.6) is 0 Å². The highest BCUT2D eigenvalue weighted by Crippen LogP contribution is 2.28. The minimum Gasteiger partial charge on any atom is -0.480 e. The first-order chi connectivity index (χ1) is 18.6. The summed E-state index contributed by atoms with van der Waals surface area (Å²) in [4.78, 5) is 57.5. The molecule has 3 N–H and O–H groups in total. The summed E-state index contributed by atoms with van der Waals surface area (Å²) in [7, 11) is 0. The molecule has 10 nitrogen and oxygen atoms in total. The summed E-state index contributed by atoms with van der Waals surface area (Å²) in [6, 6.07) is 5.72. The molecule has 1 amide bonds. The Balaban J connectivity index is 1.44. The van der Waals surface area contributed by atoms with Gasteiger partial charge in [-0.2, -0.15) is 0 Å². The van der Waals surface area contributed by atoms with Crippen molar-refractivity contribution in [2.24, 2.45) is 0 Å². The van der Waals surface area contributed by atoms with Crippen LogP contribution in [0.2, 0.25) is 10.0 Å². The number of benzene rings is 1. The van der Waals surface area contributed by atoms with E-state index in [-0.39, 0.29) is 39.4 Å². The lowest BCUT2D eigenvalue weighted by Gasteiger charge is -2.28. The number of amides is 1. The molecule has 12 heteroatoms. The van der Waals surface area contributed by atoms with Crippen LogP contribution in [0.25, 0.3) is 0 Å².